The smallest absolute Gasteiger partial charge is 0.416 e. The van der Waals surface area contributed by atoms with E-state index in [0.717, 1.165) is 12.1 Å². The third-order valence-corrected chi connectivity index (χ3v) is 4.78. The van der Waals surface area contributed by atoms with Gasteiger partial charge in [-0.25, -0.2) is 4.98 Å². The summed E-state index contributed by atoms with van der Waals surface area (Å²) >= 11 is 0. The zero-order valence-electron chi connectivity index (χ0n) is 15.1. The summed E-state index contributed by atoms with van der Waals surface area (Å²) in [6.07, 6.45) is -4.66. The Hall–Kier alpha value is -3.22. The lowest BCUT2D eigenvalue weighted by Crippen LogP contribution is -2.18. The van der Waals surface area contributed by atoms with Gasteiger partial charge in [-0.2, -0.15) is 22.0 Å². The van der Waals surface area contributed by atoms with Crippen LogP contribution in [0.2, 0.25) is 0 Å². The molecule has 0 unspecified atom stereocenters. The van der Waals surface area contributed by atoms with Crippen LogP contribution in [0.4, 0.5) is 22.0 Å². The van der Waals surface area contributed by atoms with Gasteiger partial charge in [0.05, 0.1) is 18.2 Å². The van der Waals surface area contributed by atoms with E-state index in [1.54, 1.807) is 24.3 Å². The van der Waals surface area contributed by atoms with Crippen molar-refractivity contribution in [2.45, 2.75) is 12.1 Å². The summed E-state index contributed by atoms with van der Waals surface area (Å²) in [5.74, 6) is -3.22. The molecule has 0 saturated heterocycles. The maximum absolute atomic E-state index is 15.4. The van der Waals surface area contributed by atoms with Gasteiger partial charge in [0.2, 0.25) is 0 Å². The van der Waals surface area contributed by atoms with E-state index in [2.05, 4.69) is 4.98 Å². The number of hydrogen-bond donors (Lipinski definition) is 0. The fourth-order valence-electron chi connectivity index (χ4n) is 3.31. The first-order chi connectivity index (χ1) is 13.7. The number of para-hydroxylation sites is 1. The van der Waals surface area contributed by atoms with E-state index in [-0.39, 0.29) is 21.9 Å². The van der Waals surface area contributed by atoms with Crippen molar-refractivity contribution >= 4 is 21.7 Å². The van der Waals surface area contributed by atoms with Crippen molar-refractivity contribution < 1.29 is 26.7 Å². The number of rotatable bonds is 3. The lowest BCUT2D eigenvalue weighted by molar-refractivity contribution is -0.137. The second kappa shape index (κ2) is 6.69. The molecule has 0 aliphatic heterocycles. The Kier molecular flexibility index (Phi) is 4.41. The van der Waals surface area contributed by atoms with Gasteiger partial charge in [-0.1, -0.05) is 24.3 Å². The quantitative estimate of drug-likeness (QED) is 0.286. The van der Waals surface area contributed by atoms with Crippen LogP contribution in [0.25, 0.3) is 21.7 Å². The SMILES string of the molecule is COc1ccc(C(F)(F)c2nc3ccccc3c3ccc(C(F)(F)F)cc23)cc1. The number of pyridine rings is 1. The molecule has 7 heteroatoms. The molecule has 0 bridgehead atoms. The van der Waals surface area contributed by atoms with Crippen LogP contribution < -0.4 is 4.74 Å². The molecule has 0 amide bonds. The number of methoxy groups -OCH3 is 1. The van der Waals surface area contributed by atoms with Crippen molar-refractivity contribution in [2.75, 3.05) is 7.11 Å². The Bertz CT molecular complexity index is 1200. The van der Waals surface area contributed by atoms with Crippen LogP contribution in [0.5, 0.6) is 5.75 Å². The first-order valence-corrected chi connectivity index (χ1v) is 8.64. The summed E-state index contributed by atoms with van der Waals surface area (Å²) in [5, 5.41) is 0.552. The summed E-state index contributed by atoms with van der Waals surface area (Å²) in [4.78, 5) is 4.07. The number of benzene rings is 3. The molecule has 148 valence electrons. The van der Waals surface area contributed by atoms with Crippen molar-refractivity contribution in [2.24, 2.45) is 0 Å². The molecule has 3 aromatic carbocycles. The highest BCUT2D eigenvalue weighted by atomic mass is 19.4. The normalized spacial score (nSPS) is 12.5. The van der Waals surface area contributed by atoms with Crippen LogP contribution in [0.1, 0.15) is 16.8 Å². The molecule has 4 rings (SSSR count). The minimum atomic E-state index is -4.66. The maximum Gasteiger partial charge on any atom is 0.416 e. The van der Waals surface area contributed by atoms with Gasteiger partial charge >= 0.3 is 12.1 Å². The van der Waals surface area contributed by atoms with Gasteiger partial charge in [0.15, 0.2) is 0 Å². The van der Waals surface area contributed by atoms with Gasteiger partial charge in [0.1, 0.15) is 11.4 Å². The van der Waals surface area contributed by atoms with Crippen LogP contribution in [0, 0.1) is 0 Å². The molecule has 0 atom stereocenters. The Labute approximate surface area is 162 Å². The fourth-order valence-corrected chi connectivity index (χ4v) is 3.31. The predicted molar refractivity (Wildman–Crippen MR) is 100 cm³/mol. The summed E-state index contributed by atoms with van der Waals surface area (Å²) < 4.78 is 75.6. The molecule has 29 heavy (non-hydrogen) atoms. The first kappa shape index (κ1) is 19.1. The molecule has 1 aromatic heterocycles. The van der Waals surface area contributed by atoms with Gasteiger partial charge in [-0.15, -0.1) is 0 Å². The standard InChI is InChI=1S/C22H14F5NO/c1-29-15-9-6-13(7-10-15)21(23,24)20-18-12-14(22(25,26)27)8-11-16(18)17-4-2-3-5-19(17)28-20/h2-12H,1H3. The van der Waals surface area contributed by atoms with Crippen molar-refractivity contribution in [1.82, 2.24) is 4.98 Å². The Morgan fingerprint density at radius 3 is 2.03 bits per heavy atom. The monoisotopic (exact) mass is 403 g/mol. The average molecular weight is 403 g/mol. The van der Waals surface area contributed by atoms with Crippen LogP contribution in [0.15, 0.2) is 66.7 Å². The van der Waals surface area contributed by atoms with Gasteiger partial charge in [-0.05, 0) is 47.9 Å². The topological polar surface area (TPSA) is 22.1 Å². The molecule has 1 heterocycles. The molecule has 0 radical (unpaired) electrons. The molecule has 2 nitrogen and oxygen atoms in total. The summed E-state index contributed by atoms with van der Waals surface area (Å²) in [7, 11) is 1.41. The number of hydrogen-bond acceptors (Lipinski definition) is 2. The number of ether oxygens (including phenoxy) is 1. The van der Waals surface area contributed by atoms with Gasteiger partial charge in [0.25, 0.3) is 0 Å². The number of aromatic nitrogens is 1. The van der Waals surface area contributed by atoms with E-state index in [9.17, 15) is 13.2 Å². The lowest BCUT2D eigenvalue weighted by Gasteiger charge is -2.20. The highest BCUT2D eigenvalue weighted by molar-refractivity contribution is 6.07. The Morgan fingerprint density at radius 2 is 1.38 bits per heavy atom. The highest BCUT2D eigenvalue weighted by Crippen LogP contribution is 2.42. The number of fused-ring (bicyclic) bond motifs is 3. The molecule has 0 aliphatic carbocycles. The summed E-state index contributed by atoms with van der Waals surface area (Å²) in [6.45, 7) is 0. The van der Waals surface area contributed by atoms with Crippen LogP contribution in [-0.2, 0) is 12.1 Å². The number of halogens is 5. The molecular formula is C22H14F5NO. The Morgan fingerprint density at radius 1 is 0.724 bits per heavy atom. The molecule has 4 aromatic rings. The van der Waals surface area contributed by atoms with Crippen LogP contribution in [-0.4, -0.2) is 12.1 Å². The molecule has 0 fully saturated rings. The van der Waals surface area contributed by atoms with Crippen molar-refractivity contribution in [3.63, 3.8) is 0 Å². The number of alkyl halides is 5. The van der Waals surface area contributed by atoms with E-state index in [4.69, 9.17) is 4.74 Å². The Balaban J connectivity index is 2.04. The minimum absolute atomic E-state index is 0.237. The van der Waals surface area contributed by atoms with Crippen LogP contribution in [0.3, 0.4) is 0 Å². The van der Waals surface area contributed by atoms with E-state index in [0.29, 0.717) is 11.1 Å². The number of nitrogens with zero attached hydrogens (tertiary/aromatic N) is 1. The van der Waals surface area contributed by atoms with E-state index in [1.165, 1.54) is 37.4 Å². The van der Waals surface area contributed by atoms with E-state index < -0.39 is 23.4 Å². The van der Waals surface area contributed by atoms with Crippen LogP contribution >= 0.6 is 0 Å². The highest BCUT2D eigenvalue weighted by Gasteiger charge is 2.39. The zero-order valence-corrected chi connectivity index (χ0v) is 15.1. The molecular weight excluding hydrogens is 389 g/mol. The first-order valence-electron chi connectivity index (χ1n) is 8.64. The van der Waals surface area contributed by atoms with E-state index in [1.807, 2.05) is 0 Å². The van der Waals surface area contributed by atoms with Gasteiger partial charge in [-0.3, -0.25) is 0 Å². The molecule has 0 saturated carbocycles. The molecule has 0 N–H and O–H groups in total. The predicted octanol–water partition coefficient (Wildman–Crippen LogP) is 6.56. The summed E-state index contributed by atoms with van der Waals surface area (Å²) in [5.41, 5.74) is -1.83. The average Bonchev–Trinajstić information content (AvgIpc) is 2.72. The molecule has 0 spiro atoms. The third kappa shape index (κ3) is 3.26. The minimum Gasteiger partial charge on any atom is -0.497 e. The van der Waals surface area contributed by atoms with Gasteiger partial charge < -0.3 is 4.74 Å². The zero-order chi connectivity index (χ0) is 20.8. The van der Waals surface area contributed by atoms with Crippen molar-refractivity contribution in [3.8, 4) is 5.75 Å². The lowest BCUT2D eigenvalue weighted by atomic mass is 9.96. The largest absolute Gasteiger partial charge is 0.497 e. The fraction of sp³-hybridized carbons (Fsp3) is 0.136. The molecule has 0 aliphatic rings. The van der Waals surface area contributed by atoms with Crippen molar-refractivity contribution in [3.05, 3.63) is 83.6 Å². The van der Waals surface area contributed by atoms with Gasteiger partial charge in [0, 0.05) is 16.3 Å². The van der Waals surface area contributed by atoms with Crippen molar-refractivity contribution in [1.29, 1.82) is 0 Å². The summed E-state index contributed by atoms with van der Waals surface area (Å²) in [6, 6.07) is 14.5. The van der Waals surface area contributed by atoms with E-state index >= 15 is 8.78 Å². The third-order valence-electron chi connectivity index (χ3n) is 4.78. The second-order valence-electron chi connectivity index (χ2n) is 6.54. The maximum atomic E-state index is 15.4. The second-order valence-corrected chi connectivity index (χ2v) is 6.54.